The van der Waals surface area contributed by atoms with E-state index in [-0.39, 0.29) is 24.3 Å². The number of cyclic esters (lactones) is 1. The highest BCUT2D eigenvalue weighted by atomic mass is 16.6. The van der Waals surface area contributed by atoms with Crippen molar-refractivity contribution >= 4 is 29.0 Å². The molecule has 0 radical (unpaired) electrons. The lowest BCUT2D eigenvalue weighted by Crippen LogP contribution is -2.48. The summed E-state index contributed by atoms with van der Waals surface area (Å²) in [7, 11) is 3.97. The molecule has 0 aliphatic carbocycles. The first-order chi connectivity index (χ1) is 19.0. The Labute approximate surface area is 237 Å². The highest BCUT2D eigenvalue weighted by molar-refractivity contribution is 5.91. The van der Waals surface area contributed by atoms with Gasteiger partial charge in [-0.1, -0.05) is 38.1 Å². The van der Waals surface area contributed by atoms with E-state index in [4.69, 9.17) is 9.47 Å². The van der Waals surface area contributed by atoms with Gasteiger partial charge in [-0.3, -0.25) is 9.48 Å². The van der Waals surface area contributed by atoms with Gasteiger partial charge in [0.1, 0.15) is 12.2 Å². The van der Waals surface area contributed by atoms with Gasteiger partial charge in [0.15, 0.2) is 0 Å². The van der Waals surface area contributed by atoms with Crippen LogP contribution in [0.3, 0.4) is 0 Å². The molecule has 0 saturated carbocycles. The third-order valence-electron chi connectivity index (χ3n) is 8.17. The predicted octanol–water partition coefficient (Wildman–Crippen LogP) is 4.32. The lowest BCUT2D eigenvalue weighted by Gasteiger charge is -2.33. The van der Waals surface area contributed by atoms with Crippen LogP contribution in [0.15, 0.2) is 35.9 Å². The van der Waals surface area contributed by atoms with Gasteiger partial charge in [0.05, 0.1) is 23.7 Å². The highest BCUT2D eigenvalue weighted by Gasteiger charge is 2.29. The first-order valence-electron chi connectivity index (χ1n) is 14.3. The Hall–Kier alpha value is -3.17. The molecule has 3 heterocycles. The van der Waals surface area contributed by atoms with Crippen LogP contribution in [0.1, 0.15) is 51.3 Å². The molecule has 2 aliphatic rings. The molecule has 2 aliphatic heterocycles. The van der Waals surface area contributed by atoms with Crippen LogP contribution in [0.4, 0.5) is 4.79 Å². The van der Waals surface area contributed by atoms with Crippen LogP contribution >= 0.6 is 0 Å². The maximum absolute atomic E-state index is 13.0. The van der Waals surface area contributed by atoms with Crippen molar-refractivity contribution in [2.75, 3.05) is 33.2 Å². The summed E-state index contributed by atoms with van der Waals surface area (Å²) in [5, 5.41) is 16.2. The van der Waals surface area contributed by atoms with Crippen LogP contribution < -0.4 is 0 Å². The second-order valence-corrected chi connectivity index (χ2v) is 11.5. The number of fused-ring (bicyclic) bond motifs is 1. The summed E-state index contributed by atoms with van der Waals surface area (Å²) in [5.41, 5.74) is 3.85. The van der Waals surface area contributed by atoms with Crippen molar-refractivity contribution in [3.05, 3.63) is 47.2 Å². The number of aliphatic hydroxyl groups excluding tert-OH is 1. The molecule has 9 nitrogen and oxygen atoms in total. The van der Waals surface area contributed by atoms with Crippen molar-refractivity contribution in [3.8, 4) is 0 Å². The topological polar surface area (TPSA) is 97.1 Å². The molecule has 40 heavy (non-hydrogen) atoms. The van der Waals surface area contributed by atoms with Gasteiger partial charge in [0.25, 0.3) is 0 Å². The summed E-state index contributed by atoms with van der Waals surface area (Å²) in [6.07, 6.45) is 4.80. The van der Waals surface area contributed by atoms with E-state index in [2.05, 4.69) is 16.1 Å². The van der Waals surface area contributed by atoms with Crippen LogP contribution in [0.25, 0.3) is 17.0 Å². The van der Waals surface area contributed by atoms with Crippen molar-refractivity contribution in [1.82, 2.24) is 19.6 Å². The smallest absolute Gasteiger partial charge is 0.410 e. The Balaban J connectivity index is 1.61. The molecule has 1 saturated heterocycles. The number of aryl methyl sites for hydroxylation is 2. The molecule has 9 heteroatoms. The number of hydrogen-bond donors (Lipinski definition) is 1. The first kappa shape index (κ1) is 29.8. The van der Waals surface area contributed by atoms with Gasteiger partial charge in [0.2, 0.25) is 0 Å². The standard InChI is InChI=1S/C31H44N4O5/c1-20-10-12-25(36)19-28(37)40-30(22(3)18-24-8-7-9-26-29(24)23(4)32-34(26)6)21(2)11-13-27(20)39-31(38)35-16-14-33(5)15-17-35/h7-9,11,13,18,20-21,25,27,30,36H,10,12,14-17,19H2,1-6H3/b13-11-,22-18+/t20-,21-,25+,27-,30-/m0/s1. The average molecular weight is 553 g/mol. The molecule has 218 valence electrons. The quantitative estimate of drug-likeness (QED) is 0.447. The maximum Gasteiger partial charge on any atom is 0.410 e. The van der Waals surface area contributed by atoms with E-state index in [9.17, 15) is 14.7 Å². The third-order valence-corrected chi connectivity index (χ3v) is 8.17. The zero-order valence-corrected chi connectivity index (χ0v) is 24.7. The summed E-state index contributed by atoms with van der Waals surface area (Å²) in [6, 6.07) is 6.07. The maximum atomic E-state index is 13.0. The van der Waals surface area contributed by atoms with Gasteiger partial charge in [-0.2, -0.15) is 5.10 Å². The van der Waals surface area contributed by atoms with Crippen LogP contribution in [0.5, 0.6) is 0 Å². The van der Waals surface area contributed by atoms with Crippen LogP contribution in [-0.2, 0) is 21.3 Å². The number of benzene rings is 1. The van der Waals surface area contributed by atoms with Crippen LogP contribution in [-0.4, -0.2) is 88.3 Å². The molecular weight excluding hydrogens is 508 g/mol. The van der Waals surface area contributed by atoms with E-state index >= 15 is 0 Å². The average Bonchev–Trinajstić information content (AvgIpc) is 3.21. The number of likely N-dealkylation sites (N-methyl/N-ethyl adjacent to an activating group) is 1. The largest absolute Gasteiger partial charge is 0.457 e. The third kappa shape index (κ3) is 7.12. The molecule has 5 atom stereocenters. The zero-order valence-electron chi connectivity index (χ0n) is 24.7. The number of hydrogen-bond acceptors (Lipinski definition) is 7. The molecule has 1 fully saturated rings. The summed E-state index contributed by atoms with van der Waals surface area (Å²) < 4.78 is 13.9. The fourth-order valence-corrected chi connectivity index (χ4v) is 5.63. The number of rotatable bonds is 3. The van der Waals surface area contributed by atoms with E-state index in [0.717, 1.165) is 40.8 Å². The van der Waals surface area contributed by atoms with Gasteiger partial charge in [-0.15, -0.1) is 0 Å². The van der Waals surface area contributed by atoms with Crippen molar-refractivity contribution in [3.63, 3.8) is 0 Å². The Kier molecular flexibility index (Phi) is 9.68. The molecule has 2 aromatic rings. The number of esters is 1. The van der Waals surface area contributed by atoms with Gasteiger partial charge >= 0.3 is 12.1 Å². The van der Waals surface area contributed by atoms with Gasteiger partial charge in [0, 0.05) is 44.5 Å². The summed E-state index contributed by atoms with van der Waals surface area (Å²) in [5.74, 6) is -0.637. The highest BCUT2D eigenvalue weighted by Crippen LogP contribution is 2.28. The number of aromatic nitrogens is 2. The minimum Gasteiger partial charge on any atom is -0.457 e. The molecule has 0 bridgehead atoms. The lowest BCUT2D eigenvalue weighted by molar-refractivity contribution is -0.151. The molecule has 1 aromatic heterocycles. The van der Waals surface area contributed by atoms with E-state index in [0.29, 0.717) is 25.9 Å². The van der Waals surface area contributed by atoms with E-state index < -0.39 is 24.3 Å². The summed E-state index contributed by atoms with van der Waals surface area (Å²) in [6.45, 7) is 10.9. The second kappa shape index (κ2) is 13.0. The molecule has 1 aromatic carbocycles. The monoisotopic (exact) mass is 552 g/mol. The Morgan fingerprint density at radius 1 is 1.12 bits per heavy atom. The van der Waals surface area contributed by atoms with Gasteiger partial charge in [-0.25, -0.2) is 4.79 Å². The minimum atomic E-state index is -0.820. The number of ether oxygens (including phenoxy) is 2. The Morgan fingerprint density at radius 3 is 2.58 bits per heavy atom. The van der Waals surface area contributed by atoms with Crippen LogP contribution in [0.2, 0.25) is 0 Å². The molecule has 1 N–H and O–H groups in total. The number of piperazine rings is 1. The second-order valence-electron chi connectivity index (χ2n) is 11.5. The SMILES string of the molecule is C/C(=C\c1cccc2c1c(C)nn2C)[C@H]1OC(=O)C[C@H](O)CC[C@H](C)[C@@H](OC(=O)N2CCN(C)CC2)/C=C\[C@@H]1C. The Morgan fingerprint density at radius 2 is 1.85 bits per heavy atom. The fraction of sp³-hybridized carbons (Fsp3) is 0.581. The molecule has 4 rings (SSSR count). The molecular formula is C31H44N4O5. The number of aliphatic hydroxyl groups is 1. The van der Waals surface area contributed by atoms with E-state index in [1.165, 1.54) is 0 Å². The predicted molar refractivity (Wildman–Crippen MR) is 156 cm³/mol. The minimum absolute atomic E-state index is 0.0220. The number of carbonyl (C=O) groups excluding carboxylic acids is 2. The van der Waals surface area contributed by atoms with Crippen molar-refractivity contribution < 1.29 is 24.2 Å². The number of amides is 1. The van der Waals surface area contributed by atoms with Crippen molar-refractivity contribution in [2.24, 2.45) is 18.9 Å². The molecule has 0 unspecified atom stereocenters. The van der Waals surface area contributed by atoms with Crippen molar-refractivity contribution in [2.45, 2.75) is 65.3 Å². The molecule has 0 spiro atoms. The number of carbonyl (C=O) groups is 2. The number of nitrogens with zero attached hydrogens (tertiary/aromatic N) is 4. The first-order valence-corrected chi connectivity index (χ1v) is 14.3. The van der Waals surface area contributed by atoms with E-state index in [1.807, 2.05) is 76.8 Å². The Bertz CT molecular complexity index is 1260. The van der Waals surface area contributed by atoms with Gasteiger partial charge in [-0.05, 0) is 62.9 Å². The van der Waals surface area contributed by atoms with Crippen molar-refractivity contribution in [1.29, 1.82) is 0 Å². The van der Waals surface area contributed by atoms with E-state index in [1.54, 1.807) is 4.90 Å². The summed E-state index contributed by atoms with van der Waals surface area (Å²) in [4.78, 5) is 29.8. The van der Waals surface area contributed by atoms with Gasteiger partial charge < -0.3 is 24.4 Å². The lowest BCUT2D eigenvalue weighted by atomic mass is 9.91. The summed E-state index contributed by atoms with van der Waals surface area (Å²) >= 11 is 0. The van der Waals surface area contributed by atoms with Crippen LogP contribution in [0, 0.1) is 18.8 Å². The zero-order chi connectivity index (χ0) is 29.0. The normalized spacial score (nSPS) is 28.5. The fourth-order valence-electron chi connectivity index (χ4n) is 5.63. The molecule has 1 amide bonds.